The number of aliphatic hydroxyl groups excluding tert-OH is 1. The maximum absolute atomic E-state index is 8.90. The monoisotopic (exact) mass is 337 g/mol. The molecule has 0 saturated heterocycles. The second kappa shape index (κ2) is 8.35. The zero-order valence-electron chi connectivity index (χ0n) is 14.4. The van der Waals surface area contributed by atoms with Crippen LogP contribution in [0.1, 0.15) is 16.7 Å². The summed E-state index contributed by atoms with van der Waals surface area (Å²) in [7, 11) is 0. The van der Waals surface area contributed by atoms with Gasteiger partial charge in [-0.25, -0.2) is 0 Å². The molecule has 3 rings (SSSR count). The Bertz CT molecular complexity index is 779. The number of aliphatic hydroxyl groups is 1. The van der Waals surface area contributed by atoms with Crippen LogP contribution in [-0.2, 0) is 19.7 Å². The molecule has 0 amide bonds. The molecule has 0 radical (unpaired) electrons. The minimum Gasteiger partial charge on any atom is -0.489 e. The van der Waals surface area contributed by atoms with Crippen molar-refractivity contribution in [2.45, 2.75) is 26.6 Å². The van der Waals surface area contributed by atoms with Crippen molar-refractivity contribution in [3.63, 3.8) is 0 Å². The maximum Gasteiger partial charge on any atom is 0.119 e. The van der Waals surface area contributed by atoms with Crippen LogP contribution in [0.5, 0.6) is 5.75 Å². The summed E-state index contributed by atoms with van der Waals surface area (Å²) in [6.45, 7) is 3.96. The Morgan fingerprint density at radius 1 is 1.04 bits per heavy atom. The maximum atomic E-state index is 8.90. The van der Waals surface area contributed by atoms with Crippen LogP contribution in [-0.4, -0.2) is 21.5 Å². The predicted octanol–water partition coefficient (Wildman–Crippen LogP) is 3.37. The number of nitrogens with one attached hydrogen (secondary N) is 1. The van der Waals surface area contributed by atoms with Crippen molar-refractivity contribution >= 4 is 5.69 Å². The smallest absolute Gasteiger partial charge is 0.119 e. The minimum atomic E-state index is 0.0885. The van der Waals surface area contributed by atoms with Crippen molar-refractivity contribution in [1.29, 1.82) is 0 Å². The Labute approximate surface area is 147 Å². The highest BCUT2D eigenvalue weighted by atomic mass is 16.5. The Balaban J connectivity index is 1.48. The van der Waals surface area contributed by atoms with Gasteiger partial charge in [-0.2, -0.15) is 5.10 Å². The summed E-state index contributed by atoms with van der Waals surface area (Å²) < 4.78 is 7.54. The van der Waals surface area contributed by atoms with Gasteiger partial charge in [0.05, 0.1) is 25.0 Å². The number of hydrogen-bond donors (Lipinski definition) is 2. The number of aromatic nitrogens is 2. The number of hydrogen-bond acceptors (Lipinski definition) is 4. The molecule has 130 valence electrons. The Hall–Kier alpha value is -2.79. The number of anilines is 1. The topological polar surface area (TPSA) is 59.3 Å². The first-order valence-corrected chi connectivity index (χ1v) is 8.37. The molecule has 0 aliphatic carbocycles. The highest BCUT2D eigenvalue weighted by molar-refractivity contribution is 5.39. The molecular formula is C20H23N3O2. The van der Waals surface area contributed by atoms with Crippen LogP contribution in [0.2, 0.25) is 0 Å². The molecular weight excluding hydrogens is 314 g/mol. The van der Waals surface area contributed by atoms with E-state index < -0.39 is 0 Å². The molecule has 5 nitrogen and oxygen atoms in total. The number of nitrogens with zero attached hydrogens (tertiary/aromatic N) is 2. The van der Waals surface area contributed by atoms with E-state index in [2.05, 4.69) is 53.7 Å². The van der Waals surface area contributed by atoms with E-state index >= 15 is 0 Å². The standard InChI is InChI=1S/C20H23N3O2/c1-16-2-4-18(5-3-16)15-25-20-8-6-17(7-9-20)12-21-19-13-22-23(14-19)10-11-24/h2-9,13-14,21,24H,10-12,15H2,1H3. The second-order valence-electron chi connectivity index (χ2n) is 5.99. The highest BCUT2D eigenvalue weighted by Gasteiger charge is 2.00. The van der Waals surface area contributed by atoms with Crippen molar-refractivity contribution in [3.8, 4) is 5.75 Å². The second-order valence-corrected chi connectivity index (χ2v) is 5.99. The predicted molar refractivity (Wildman–Crippen MR) is 98.6 cm³/mol. The van der Waals surface area contributed by atoms with E-state index in [9.17, 15) is 0 Å². The fraction of sp³-hybridized carbons (Fsp3) is 0.250. The van der Waals surface area contributed by atoms with Crippen molar-refractivity contribution in [1.82, 2.24) is 9.78 Å². The van der Waals surface area contributed by atoms with E-state index in [0.29, 0.717) is 19.7 Å². The van der Waals surface area contributed by atoms with E-state index in [1.54, 1.807) is 10.9 Å². The average molecular weight is 337 g/mol. The molecule has 2 aromatic carbocycles. The minimum absolute atomic E-state index is 0.0885. The molecule has 2 N–H and O–H groups in total. The van der Waals surface area contributed by atoms with Crippen LogP contribution in [0.15, 0.2) is 60.9 Å². The first-order chi connectivity index (χ1) is 12.2. The van der Waals surface area contributed by atoms with E-state index in [4.69, 9.17) is 9.84 Å². The zero-order valence-corrected chi connectivity index (χ0v) is 14.4. The number of benzene rings is 2. The van der Waals surface area contributed by atoms with E-state index in [-0.39, 0.29) is 6.61 Å². The fourth-order valence-electron chi connectivity index (χ4n) is 2.44. The molecule has 0 aliphatic heterocycles. The lowest BCUT2D eigenvalue weighted by molar-refractivity contribution is 0.269. The molecule has 0 unspecified atom stereocenters. The summed E-state index contributed by atoms with van der Waals surface area (Å²) >= 11 is 0. The molecule has 1 aromatic heterocycles. The number of rotatable bonds is 8. The van der Waals surface area contributed by atoms with Crippen LogP contribution in [0.3, 0.4) is 0 Å². The molecule has 3 aromatic rings. The third kappa shape index (κ3) is 5.09. The van der Waals surface area contributed by atoms with Gasteiger partial charge in [0.1, 0.15) is 12.4 Å². The normalized spacial score (nSPS) is 10.6. The first kappa shape index (κ1) is 17.0. The molecule has 25 heavy (non-hydrogen) atoms. The Kier molecular flexibility index (Phi) is 5.69. The average Bonchev–Trinajstić information content (AvgIpc) is 3.08. The summed E-state index contributed by atoms with van der Waals surface area (Å²) in [5, 5.41) is 16.4. The van der Waals surface area contributed by atoms with Gasteiger partial charge in [0.25, 0.3) is 0 Å². The van der Waals surface area contributed by atoms with Crippen LogP contribution in [0.4, 0.5) is 5.69 Å². The van der Waals surface area contributed by atoms with Crippen LogP contribution < -0.4 is 10.1 Å². The largest absolute Gasteiger partial charge is 0.489 e. The van der Waals surface area contributed by atoms with Gasteiger partial charge in [-0.3, -0.25) is 4.68 Å². The molecule has 0 saturated carbocycles. The van der Waals surface area contributed by atoms with Gasteiger partial charge in [-0.05, 0) is 30.2 Å². The lowest BCUT2D eigenvalue weighted by Gasteiger charge is -2.08. The van der Waals surface area contributed by atoms with E-state index in [0.717, 1.165) is 22.6 Å². The third-order valence-corrected chi connectivity index (χ3v) is 3.91. The number of aryl methyl sites for hydroxylation is 1. The lowest BCUT2D eigenvalue weighted by Crippen LogP contribution is -2.02. The zero-order chi connectivity index (χ0) is 17.5. The summed E-state index contributed by atoms with van der Waals surface area (Å²) in [6.07, 6.45) is 3.64. The van der Waals surface area contributed by atoms with Crippen LogP contribution in [0, 0.1) is 6.92 Å². The van der Waals surface area contributed by atoms with Crippen molar-refractivity contribution in [2.24, 2.45) is 0 Å². The van der Waals surface area contributed by atoms with Crippen molar-refractivity contribution in [2.75, 3.05) is 11.9 Å². The summed E-state index contributed by atoms with van der Waals surface area (Å²) in [5.41, 5.74) is 4.52. The third-order valence-electron chi connectivity index (χ3n) is 3.91. The summed E-state index contributed by atoms with van der Waals surface area (Å²) in [5.74, 6) is 0.861. The van der Waals surface area contributed by atoms with Gasteiger partial charge < -0.3 is 15.2 Å². The van der Waals surface area contributed by atoms with Gasteiger partial charge in [-0.15, -0.1) is 0 Å². The molecule has 0 aliphatic rings. The summed E-state index contributed by atoms with van der Waals surface area (Å²) in [6, 6.07) is 16.4. The van der Waals surface area contributed by atoms with Crippen molar-refractivity contribution in [3.05, 3.63) is 77.6 Å². The highest BCUT2D eigenvalue weighted by Crippen LogP contribution is 2.16. The quantitative estimate of drug-likeness (QED) is 0.662. The Morgan fingerprint density at radius 3 is 2.48 bits per heavy atom. The molecule has 5 heteroatoms. The van der Waals surface area contributed by atoms with Crippen LogP contribution >= 0.6 is 0 Å². The van der Waals surface area contributed by atoms with E-state index in [1.165, 1.54) is 5.56 Å². The molecule has 0 bridgehead atoms. The van der Waals surface area contributed by atoms with E-state index in [1.807, 2.05) is 18.3 Å². The lowest BCUT2D eigenvalue weighted by atomic mass is 10.2. The van der Waals surface area contributed by atoms with Gasteiger partial charge in [0, 0.05) is 12.7 Å². The first-order valence-electron chi connectivity index (χ1n) is 8.37. The van der Waals surface area contributed by atoms with Crippen LogP contribution in [0.25, 0.3) is 0 Å². The van der Waals surface area contributed by atoms with Gasteiger partial charge in [0.2, 0.25) is 0 Å². The van der Waals surface area contributed by atoms with Gasteiger partial charge >= 0.3 is 0 Å². The Morgan fingerprint density at radius 2 is 1.76 bits per heavy atom. The molecule has 1 heterocycles. The van der Waals surface area contributed by atoms with Crippen molar-refractivity contribution < 1.29 is 9.84 Å². The molecule has 0 atom stereocenters. The summed E-state index contributed by atoms with van der Waals surface area (Å²) in [4.78, 5) is 0. The fourth-order valence-corrected chi connectivity index (χ4v) is 2.44. The molecule has 0 fully saturated rings. The molecule has 0 spiro atoms. The SMILES string of the molecule is Cc1ccc(COc2ccc(CNc3cnn(CCO)c3)cc2)cc1. The van der Waals surface area contributed by atoms with Gasteiger partial charge in [0.15, 0.2) is 0 Å². The number of ether oxygens (including phenoxy) is 1. The van der Waals surface area contributed by atoms with Gasteiger partial charge in [-0.1, -0.05) is 42.0 Å².